The lowest BCUT2D eigenvalue weighted by atomic mass is 9.96. The van der Waals surface area contributed by atoms with Crippen LogP contribution in [0.25, 0.3) is 16.7 Å². The highest BCUT2D eigenvalue weighted by Crippen LogP contribution is 2.22. The van der Waals surface area contributed by atoms with Gasteiger partial charge in [0.05, 0.1) is 11.0 Å². The molecule has 3 aromatic rings. The summed E-state index contributed by atoms with van der Waals surface area (Å²) in [5.74, 6) is 1.48. The van der Waals surface area contributed by atoms with Crippen LogP contribution < -0.4 is 5.32 Å². The molecule has 1 saturated heterocycles. The molecule has 0 aliphatic carbocycles. The van der Waals surface area contributed by atoms with Gasteiger partial charge >= 0.3 is 0 Å². The van der Waals surface area contributed by atoms with Crippen LogP contribution in [0.1, 0.15) is 42.9 Å². The molecule has 4 rings (SSSR count). The van der Waals surface area contributed by atoms with Crippen LogP contribution in [-0.4, -0.2) is 46.0 Å². The molecule has 0 spiro atoms. The van der Waals surface area contributed by atoms with Gasteiger partial charge in [0.1, 0.15) is 5.82 Å². The number of nitrogens with zero attached hydrogens (tertiary/aromatic N) is 3. The first-order valence-electron chi connectivity index (χ1n) is 10.6. The number of fused-ring (bicyclic) bond motifs is 1. The van der Waals surface area contributed by atoms with Gasteiger partial charge in [0.2, 0.25) is 0 Å². The molecule has 1 N–H and O–H groups in total. The first kappa shape index (κ1) is 19.6. The minimum atomic E-state index is 0.000197. The standard InChI is InChI=1S/C24H30N4O/c1-17(2)27-13-11-19(12-14-27)16-25-24(29)20-7-6-8-21(15-20)28-18(3)26-22-9-4-5-10-23(22)28/h4-10,15,17,19H,11-14,16H2,1-3H3,(H,25,29). The molecular formula is C24H30N4O. The molecule has 1 fully saturated rings. The van der Waals surface area contributed by atoms with Gasteiger partial charge in [0.25, 0.3) is 5.91 Å². The Hall–Kier alpha value is -2.66. The highest BCUT2D eigenvalue weighted by atomic mass is 16.1. The number of para-hydroxylation sites is 2. The molecule has 0 saturated carbocycles. The van der Waals surface area contributed by atoms with Crippen LogP contribution in [0, 0.1) is 12.8 Å². The van der Waals surface area contributed by atoms with Gasteiger partial charge in [-0.2, -0.15) is 0 Å². The number of aryl methyl sites for hydroxylation is 1. The van der Waals surface area contributed by atoms with E-state index in [1.54, 1.807) is 0 Å². The lowest BCUT2D eigenvalue weighted by molar-refractivity contribution is 0.0929. The average molecular weight is 391 g/mol. The Morgan fingerprint density at radius 3 is 2.66 bits per heavy atom. The van der Waals surface area contributed by atoms with E-state index in [1.165, 1.54) is 0 Å². The fourth-order valence-corrected chi connectivity index (χ4v) is 4.27. The van der Waals surface area contributed by atoms with Gasteiger partial charge in [0, 0.05) is 23.8 Å². The lowest BCUT2D eigenvalue weighted by Gasteiger charge is -2.34. The van der Waals surface area contributed by atoms with Crippen molar-refractivity contribution < 1.29 is 4.79 Å². The monoisotopic (exact) mass is 390 g/mol. The van der Waals surface area contributed by atoms with Crippen LogP contribution in [0.5, 0.6) is 0 Å². The number of hydrogen-bond acceptors (Lipinski definition) is 3. The van der Waals surface area contributed by atoms with E-state index in [0.29, 0.717) is 17.5 Å². The largest absolute Gasteiger partial charge is 0.352 e. The number of likely N-dealkylation sites (tertiary alicyclic amines) is 1. The van der Waals surface area contributed by atoms with E-state index >= 15 is 0 Å². The van der Waals surface area contributed by atoms with Gasteiger partial charge in [-0.05, 0) is 83.0 Å². The quantitative estimate of drug-likeness (QED) is 0.711. The molecule has 5 heteroatoms. The molecule has 0 unspecified atom stereocenters. The molecule has 152 valence electrons. The first-order chi connectivity index (χ1) is 14.0. The minimum Gasteiger partial charge on any atom is -0.352 e. The predicted octanol–water partition coefficient (Wildman–Crippen LogP) is 4.18. The van der Waals surface area contributed by atoms with E-state index in [4.69, 9.17) is 0 Å². The number of rotatable bonds is 5. The Balaban J connectivity index is 1.45. The zero-order valence-corrected chi connectivity index (χ0v) is 17.6. The van der Waals surface area contributed by atoms with Crippen molar-refractivity contribution in [2.75, 3.05) is 19.6 Å². The van der Waals surface area contributed by atoms with Gasteiger partial charge in [-0.3, -0.25) is 9.36 Å². The summed E-state index contributed by atoms with van der Waals surface area (Å²) in [6.45, 7) is 9.50. The van der Waals surface area contributed by atoms with E-state index in [-0.39, 0.29) is 5.91 Å². The molecular weight excluding hydrogens is 360 g/mol. The Bertz CT molecular complexity index is 999. The summed E-state index contributed by atoms with van der Waals surface area (Å²) in [4.78, 5) is 19.9. The summed E-state index contributed by atoms with van der Waals surface area (Å²) in [6.07, 6.45) is 2.30. The number of aromatic nitrogens is 2. The Morgan fingerprint density at radius 1 is 1.14 bits per heavy atom. The molecule has 1 aromatic heterocycles. The Morgan fingerprint density at radius 2 is 1.90 bits per heavy atom. The van der Waals surface area contributed by atoms with Crippen molar-refractivity contribution >= 4 is 16.9 Å². The number of carbonyl (C=O) groups is 1. The Labute approximate surface area is 172 Å². The fraction of sp³-hybridized carbons (Fsp3) is 0.417. The van der Waals surface area contributed by atoms with E-state index in [1.807, 2.05) is 49.4 Å². The SMILES string of the molecule is Cc1nc2ccccc2n1-c1cccc(C(=O)NCC2CCN(C(C)C)CC2)c1. The zero-order valence-electron chi connectivity index (χ0n) is 17.6. The molecule has 2 heterocycles. The van der Waals surface area contributed by atoms with Gasteiger partial charge < -0.3 is 10.2 Å². The maximum atomic E-state index is 12.8. The molecule has 5 nitrogen and oxygen atoms in total. The van der Waals surface area contributed by atoms with Crippen LogP contribution >= 0.6 is 0 Å². The summed E-state index contributed by atoms with van der Waals surface area (Å²) in [5, 5.41) is 3.15. The van der Waals surface area contributed by atoms with Crippen molar-refractivity contribution in [3.05, 3.63) is 59.9 Å². The van der Waals surface area contributed by atoms with Gasteiger partial charge in [-0.15, -0.1) is 0 Å². The lowest BCUT2D eigenvalue weighted by Crippen LogP contribution is -2.41. The van der Waals surface area contributed by atoms with Crippen molar-refractivity contribution in [1.29, 1.82) is 0 Å². The number of benzene rings is 2. The smallest absolute Gasteiger partial charge is 0.251 e. The summed E-state index contributed by atoms with van der Waals surface area (Å²) >= 11 is 0. The maximum Gasteiger partial charge on any atom is 0.251 e. The van der Waals surface area contributed by atoms with Crippen molar-refractivity contribution in [1.82, 2.24) is 19.8 Å². The topological polar surface area (TPSA) is 50.2 Å². The molecule has 1 aliphatic rings. The molecule has 0 atom stereocenters. The van der Waals surface area contributed by atoms with E-state index in [9.17, 15) is 4.79 Å². The number of hydrogen-bond donors (Lipinski definition) is 1. The van der Waals surface area contributed by atoms with E-state index in [0.717, 1.165) is 55.0 Å². The van der Waals surface area contributed by atoms with Crippen molar-refractivity contribution in [3.63, 3.8) is 0 Å². The maximum absolute atomic E-state index is 12.8. The number of piperidine rings is 1. The predicted molar refractivity (Wildman–Crippen MR) is 118 cm³/mol. The number of nitrogens with one attached hydrogen (secondary N) is 1. The minimum absolute atomic E-state index is 0.000197. The highest BCUT2D eigenvalue weighted by molar-refractivity contribution is 5.95. The first-order valence-corrected chi connectivity index (χ1v) is 10.6. The molecule has 0 radical (unpaired) electrons. The summed E-state index contributed by atoms with van der Waals surface area (Å²) in [5.41, 5.74) is 3.68. The normalized spacial score (nSPS) is 15.9. The van der Waals surface area contributed by atoms with Crippen molar-refractivity contribution in [2.24, 2.45) is 5.92 Å². The molecule has 0 bridgehead atoms. The fourth-order valence-electron chi connectivity index (χ4n) is 4.27. The number of imidazole rings is 1. The van der Waals surface area contributed by atoms with Crippen LogP contribution in [0.2, 0.25) is 0 Å². The van der Waals surface area contributed by atoms with Crippen LogP contribution in [0.4, 0.5) is 0 Å². The van der Waals surface area contributed by atoms with Crippen molar-refractivity contribution in [3.8, 4) is 5.69 Å². The van der Waals surface area contributed by atoms with Crippen LogP contribution in [-0.2, 0) is 0 Å². The number of amides is 1. The van der Waals surface area contributed by atoms with Gasteiger partial charge in [0.15, 0.2) is 0 Å². The summed E-state index contributed by atoms with van der Waals surface area (Å²) < 4.78 is 2.10. The second-order valence-electron chi connectivity index (χ2n) is 8.32. The third-order valence-electron chi connectivity index (χ3n) is 6.03. The molecule has 2 aromatic carbocycles. The molecule has 29 heavy (non-hydrogen) atoms. The average Bonchev–Trinajstić information content (AvgIpc) is 3.08. The highest BCUT2D eigenvalue weighted by Gasteiger charge is 2.21. The third-order valence-corrected chi connectivity index (χ3v) is 6.03. The van der Waals surface area contributed by atoms with Crippen LogP contribution in [0.3, 0.4) is 0 Å². The van der Waals surface area contributed by atoms with Gasteiger partial charge in [-0.25, -0.2) is 4.98 Å². The zero-order chi connectivity index (χ0) is 20.4. The second kappa shape index (κ2) is 8.37. The third kappa shape index (κ3) is 4.20. The number of carbonyl (C=O) groups excluding carboxylic acids is 1. The van der Waals surface area contributed by atoms with Crippen LogP contribution in [0.15, 0.2) is 48.5 Å². The van der Waals surface area contributed by atoms with E-state index in [2.05, 4.69) is 39.7 Å². The van der Waals surface area contributed by atoms with Crippen molar-refractivity contribution in [2.45, 2.75) is 39.7 Å². The molecule has 1 amide bonds. The Kier molecular flexibility index (Phi) is 5.67. The van der Waals surface area contributed by atoms with Gasteiger partial charge in [-0.1, -0.05) is 18.2 Å². The van der Waals surface area contributed by atoms with E-state index < -0.39 is 0 Å². The second-order valence-corrected chi connectivity index (χ2v) is 8.32. The molecule has 1 aliphatic heterocycles. The summed E-state index contributed by atoms with van der Waals surface area (Å²) in [6, 6.07) is 16.5. The summed E-state index contributed by atoms with van der Waals surface area (Å²) in [7, 11) is 0.